The summed E-state index contributed by atoms with van der Waals surface area (Å²) in [6.07, 6.45) is 3.86. The van der Waals surface area contributed by atoms with Crippen molar-refractivity contribution < 1.29 is 9.59 Å². The highest BCUT2D eigenvalue weighted by Crippen LogP contribution is 2.31. The molecule has 84 valence electrons. The average Bonchev–Trinajstić information content (AvgIpc) is 3.07. The fraction of sp³-hybridized carbons (Fsp3) is 0.800. The van der Waals surface area contributed by atoms with Gasteiger partial charge in [0.05, 0.1) is 12.1 Å². The Balaban J connectivity index is 1.59. The van der Waals surface area contributed by atoms with E-state index in [-0.39, 0.29) is 18.4 Å². The van der Waals surface area contributed by atoms with Gasteiger partial charge in [-0.15, -0.1) is 0 Å². The van der Waals surface area contributed by atoms with Gasteiger partial charge in [-0.25, -0.2) is 0 Å². The van der Waals surface area contributed by atoms with E-state index in [1.54, 1.807) is 0 Å². The highest BCUT2D eigenvalue weighted by Gasteiger charge is 2.45. The summed E-state index contributed by atoms with van der Waals surface area (Å²) >= 11 is 0. The predicted octanol–water partition coefficient (Wildman–Crippen LogP) is -0.880. The van der Waals surface area contributed by atoms with Crippen LogP contribution in [0.3, 0.4) is 0 Å². The van der Waals surface area contributed by atoms with Crippen LogP contribution in [0.4, 0.5) is 0 Å². The zero-order valence-electron chi connectivity index (χ0n) is 8.71. The summed E-state index contributed by atoms with van der Waals surface area (Å²) in [5, 5.41) is 5.33. The number of carbonyl (C=O) groups excluding carboxylic acids is 2. The van der Waals surface area contributed by atoms with Crippen molar-refractivity contribution in [3.63, 3.8) is 0 Å². The van der Waals surface area contributed by atoms with Crippen molar-refractivity contribution in [1.82, 2.24) is 10.6 Å². The molecule has 2 aliphatic rings. The number of amides is 2. The summed E-state index contributed by atoms with van der Waals surface area (Å²) in [4.78, 5) is 22.6. The number of hydrogen-bond acceptors (Lipinski definition) is 3. The molecule has 0 spiro atoms. The molecule has 0 aromatic rings. The summed E-state index contributed by atoms with van der Waals surface area (Å²) in [5.74, 6) is 0.331. The standard InChI is InChI=1S/C10H17N3O2/c11-10(3-4-10)9(15)13-6-8(14)12-5-7-1-2-7/h7H,1-6,11H2,(H,12,14)(H,13,15). The number of rotatable bonds is 5. The van der Waals surface area contributed by atoms with E-state index in [1.165, 1.54) is 12.8 Å². The fourth-order valence-corrected chi connectivity index (χ4v) is 1.34. The lowest BCUT2D eigenvalue weighted by Gasteiger charge is -2.09. The maximum absolute atomic E-state index is 11.4. The molecular formula is C10H17N3O2. The van der Waals surface area contributed by atoms with Crippen LogP contribution in [0.1, 0.15) is 25.7 Å². The summed E-state index contributed by atoms with van der Waals surface area (Å²) in [7, 11) is 0. The molecule has 4 N–H and O–H groups in total. The molecule has 0 aliphatic heterocycles. The van der Waals surface area contributed by atoms with E-state index < -0.39 is 5.54 Å². The van der Waals surface area contributed by atoms with Crippen LogP contribution < -0.4 is 16.4 Å². The second-order valence-electron chi connectivity index (χ2n) is 4.59. The lowest BCUT2D eigenvalue weighted by Crippen LogP contribution is -2.46. The van der Waals surface area contributed by atoms with Crippen LogP contribution in [-0.2, 0) is 9.59 Å². The van der Waals surface area contributed by atoms with Crippen LogP contribution in [0.25, 0.3) is 0 Å². The lowest BCUT2D eigenvalue weighted by molar-refractivity contribution is -0.127. The van der Waals surface area contributed by atoms with Crippen molar-refractivity contribution >= 4 is 11.8 Å². The maximum Gasteiger partial charge on any atom is 0.240 e. The summed E-state index contributed by atoms with van der Waals surface area (Å²) in [5.41, 5.74) is 4.98. The zero-order chi connectivity index (χ0) is 10.9. The minimum Gasteiger partial charge on any atom is -0.354 e. The Labute approximate surface area is 88.8 Å². The molecule has 5 heteroatoms. The molecule has 2 amide bonds. The minimum atomic E-state index is -0.684. The van der Waals surface area contributed by atoms with Crippen molar-refractivity contribution in [3.05, 3.63) is 0 Å². The molecule has 0 aromatic heterocycles. The third-order valence-electron chi connectivity index (χ3n) is 2.94. The van der Waals surface area contributed by atoms with Gasteiger partial charge in [-0.1, -0.05) is 0 Å². The van der Waals surface area contributed by atoms with Gasteiger partial charge in [0.25, 0.3) is 0 Å². The smallest absolute Gasteiger partial charge is 0.240 e. The highest BCUT2D eigenvalue weighted by molar-refractivity contribution is 5.92. The highest BCUT2D eigenvalue weighted by atomic mass is 16.2. The lowest BCUT2D eigenvalue weighted by atomic mass is 10.3. The van der Waals surface area contributed by atoms with Crippen LogP contribution in [-0.4, -0.2) is 30.4 Å². The SMILES string of the molecule is NC1(C(=O)NCC(=O)NCC2CC2)CC1. The van der Waals surface area contributed by atoms with Crippen LogP contribution in [0.15, 0.2) is 0 Å². The molecule has 2 fully saturated rings. The quantitative estimate of drug-likeness (QED) is 0.552. The van der Waals surface area contributed by atoms with E-state index in [9.17, 15) is 9.59 Å². The second kappa shape index (κ2) is 3.81. The van der Waals surface area contributed by atoms with Crippen LogP contribution in [0.5, 0.6) is 0 Å². The van der Waals surface area contributed by atoms with E-state index in [0.717, 1.165) is 19.4 Å². The van der Waals surface area contributed by atoms with Crippen molar-refractivity contribution in [2.75, 3.05) is 13.1 Å². The molecule has 0 radical (unpaired) electrons. The van der Waals surface area contributed by atoms with E-state index in [1.807, 2.05) is 0 Å². The van der Waals surface area contributed by atoms with Gasteiger partial charge in [-0.3, -0.25) is 9.59 Å². The van der Waals surface area contributed by atoms with Gasteiger partial charge in [0.1, 0.15) is 0 Å². The third kappa shape index (κ3) is 2.92. The van der Waals surface area contributed by atoms with Gasteiger partial charge < -0.3 is 16.4 Å². The number of nitrogens with two attached hydrogens (primary N) is 1. The molecule has 2 rings (SSSR count). The molecule has 0 saturated heterocycles. The topological polar surface area (TPSA) is 84.2 Å². The van der Waals surface area contributed by atoms with Crippen molar-refractivity contribution in [2.45, 2.75) is 31.2 Å². The van der Waals surface area contributed by atoms with Gasteiger partial charge >= 0.3 is 0 Å². The molecule has 0 unspecified atom stereocenters. The maximum atomic E-state index is 11.4. The zero-order valence-corrected chi connectivity index (χ0v) is 8.71. The third-order valence-corrected chi connectivity index (χ3v) is 2.94. The van der Waals surface area contributed by atoms with E-state index in [4.69, 9.17) is 5.73 Å². The van der Waals surface area contributed by atoms with E-state index >= 15 is 0 Å². The molecule has 15 heavy (non-hydrogen) atoms. The second-order valence-corrected chi connectivity index (χ2v) is 4.59. The number of hydrogen-bond donors (Lipinski definition) is 3. The average molecular weight is 211 g/mol. The number of carbonyl (C=O) groups is 2. The Kier molecular flexibility index (Phi) is 2.65. The predicted molar refractivity (Wildman–Crippen MR) is 54.9 cm³/mol. The minimum absolute atomic E-state index is 0.0461. The van der Waals surface area contributed by atoms with Gasteiger partial charge in [0.2, 0.25) is 11.8 Å². The van der Waals surface area contributed by atoms with Gasteiger partial charge in [-0.2, -0.15) is 0 Å². The Morgan fingerprint density at radius 1 is 1.27 bits per heavy atom. The molecule has 0 heterocycles. The number of nitrogens with one attached hydrogen (secondary N) is 2. The Morgan fingerprint density at radius 3 is 2.47 bits per heavy atom. The molecule has 0 aromatic carbocycles. The first kappa shape index (κ1) is 10.4. The van der Waals surface area contributed by atoms with Crippen LogP contribution >= 0.6 is 0 Å². The summed E-state index contributed by atoms with van der Waals surface area (Å²) < 4.78 is 0. The first-order valence-corrected chi connectivity index (χ1v) is 5.44. The van der Waals surface area contributed by atoms with E-state index in [2.05, 4.69) is 10.6 Å². The molecule has 2 saturated carbocycles. The molecular weight excluding hydrogens is 194 g/mol. The Bertz CT molecular complexity index is 282. The van der Waals surface area contributed by atoms with Crippen molar-refractivity contribution in [3.8, 4) is 0 Å². The first-order chi connectivity index (χ1) is 7.10. The molecule has 2 aliphatic carbocycles. The normalized spacial score (nSPS) is 21.9. The summed E-state index contributed by atoms with van der Waals surface area (Å²) in [6.45, 7) is 0.785. The van der Waals surface area contributed by atoms with Gasteiger partial charge in [-0.05, 0) is 31.6 Å². The Morgan fingerprint density at radius 2 is 1.93 bits per heavy atom. The monoisotopic (exact) mass is 211 g/mol. The van der Waals surface area contributed by atoms with Crippen molar-refractivity contribution in [2.24, 2.45) is 11.7 Å². The molecule has 0 atom stereocenters. The van der Waals surface area contributed by atoms with Crippen LogP contribution in [0.2, 0.25) is 0 Å². The first-order valence-electron chi connectivity index (χ1n) is 5.44. The Hall–Kier alpha value is -1.10. The largest absolute Gasteiger partial charge is 0.354 e. The van der Waals surface area contributed by atoms with Gasteiger partial charge in [0.15, 0.2) is 0 Å². The van der Waals surface area contributed by atoms with Crippen LogP contribution in [0, 0.1) is 5.92 Å². The summed E-state index contributed by atoms with van der Waals surface area (Å²) in [6, 6.07) is 0. The van der Waals surface area contributed by atoms with Gasteiger partial charge in [0, 0.05) is 6.54 Å². The van der Waals surface area contributed by atoms with E-state index in [0.29, 0.717) is 5.92 Å². The fourth-order valence-electron chi connectivity index (χ4n) is 1.34. The van der Waals surface area contributed by atoms with Crippen molar-refractivity contribution in [1.29, 1.82) is 0 Å². The molecule has 0 bridgehead atoms. The molecule has 5 nitrogen and oxygen atoms in total.